The summed E-state index contributed by atoms with van der Waals surface area (Å²) in [6.45, 7) is 4.15. The lowest BCUT2D eigenvalue weighted by atomic mass is 9.99. The summed E-state index contributed by atoms with van der Waals surface area (Å²) >= 11 is 0. The molecule has 0 aromatic heterocycles. The van der Waals surface area contributed by atoms with E-state index in [0.717, 1.165) is 25.7 Å². The molecule has 5 heteroatoms. The zero-order valence-electron chi connectivity index (χ0n) is 11.0. The molecule has 1 aliphatic heterocycles. The number of nitrogens with zero attached hydrogens (tertiary/aromatic N) is 1. The molecule has 2 amide bonds. The van der Waals surface area contributed by atoms with Crippen LogP contribution in [0.4, 0.5) is 0 Å². The average molecular weight is 254 g/mol. The first kappa shape index (κ1) is 13.3. The molecule has 18 heavy (non-hydrogen) atoms. The summed E-state index contributed by atoms with van der Waals surface area (Å²) in [4.78, 5) is 25.1. The molecule has 1 heterocycles. The second-order valence-corrected chi connectivity index (χ2v) is 5.12. The first-order chi connectivity index (χ1) is 8.68. The molecule has 1 aliphatic carbocycles. The molecule has 2 fully saturated rings. The lowest BCUT2D eigenvalue weighted by molar-refractivity contribution is -0.131. The largest absolute Gasteiger partial charge is 0.381 e. The molecule has 0 radical (unpaired) electrons. The molecular formula is C13H22N2O3. The van der Waals surface area contributed by atoms with E-state index in [1.165, 1.54) is 0 Å². The minimum Gasteiger partial charge on any atom is -0.381 e. The summed E-state index contributed by atoms with van der Waals surface area (Å²) in [5.41, 5.74) is 0. The quantitative estimate of drug-likeness (QED) is 0.779. The summed E-state index contributed by atoms with van der Waals surface area (Å²) in [5, 5.41) is 2.93. The number of hydrogen-bond donors (Lipinski definition) is 1. The average Bonchev–Trinajstić information content (AvgIpc) is 3.19. The minimum absolute atomic E-state index is 0.0884. The SMILES string of the molecule is CC(=O)N(CCNC(=O)C1CCOCC1)C1CC1. The predicted molar refractivity (Wildman–Crippen MR) is 67.0 cm³/mol. The zero-order valence-corrected chi connectivity index (χ0v) is 11.0. The van der Waals surface area contributed by atoms with E-state index in [1.54, 1.807) is 6.92 Å². The fourth-order valence-electron chi connectivity index (χ4n) is 2.39. The van der Waals surface area contributed by atoms with Gasteiger partial charge in [0.2, 0.25) is 11.8 Å². The van der Waals surface area contributed by atoms with Gasteiger partial charge in [-0.3, -0.25) is 9.59 Å². The van der Waals surface area contributed by atoms with Crippen molar-refractivity contribution in [3.05, 3.63) is 0 Å². The van der Waals surface area contributed by atoms with E-state index in [-0.39, 0.29) is 17.7 Å². The molecule has 1 N–H and O–H groups in total. The van der Waals surface area contributed by atoms with Crippen molar-refractivity contribution < 1.29 is 14.3 Å². The van der Waals surface area contributed by atoms with E-state index in [4.69, 9.17) is 4.74 Å². The first-order valence-electron chi connectivity index (χ1n) is 6.81. The van der Waals surface area contributed by atoms with E-state index >= 15 is 0 Å². The molecule has 0 aromatic rings. The Balaban J connectivity index is 1.67. The second kappa shape index (κ2) is 6.18. The lowest BCUT2D eigenvalue weighted by Crippen LogP contribution is -2.41. The van der Waals surface area contributed by atoms with Gasteiger partial charge in [-0.1, -0.05) is 0 Å². The Morgan fingerprint density at radius 2 is 1.89 bits per heavy atom. The lowest BCUT2D eigenvalue weighted by Gasteiger charge is -2.23. The van der Waals surface area contributed by atoms with Gasteiger partial charge in [-0.15, -0.1) is 0 Å². The highest BCUT2D eigenvalue weighted by Crippen LogP contribution is 2.26. The molecule has 0 spiro atoms. The summed E-state index contributed by atoms with van der Waals surface area (Å²) in [7, 11) is 0. The number of carbonyl (C=O) groups excluding carboxylic acids is 2. The topological polar surface area (TPSA) is 58.6 Å². The highest BCUT2D eigenvalue weighted by molar-refractivity contribution is 5.79. The van der Waals surface area contributed by atoms with E-state index < -0.39 is 0 Å². The normalized spacial score (nSPS) is 20.5. The van der Waals surface area contributed by atoms with Gasteiger partial charge in [-0.25, -0.2) is 0 Å². The van der Waals surface area contributed by atoms with E-state index in [9.17, 15) is 9.59 Å². The molecule has 102 valence electrons. The highest BCUT2D eigenvalue weighted by Gasteiger charge is 2.30. The number of amides is 2. The van der Waals surface area contributed by atoms with Crippen LogP contribution in [0.25, 0.3) is 0 Å². The molecule has 0 atom stereocenters. The number of rotatable bonds is 5. The maximum absolute atomic E-state index is 11.9. The molecular weight excluding hydrogens is 232 g/mol. The second-order valence-electron chi connectivity index (χ2n) is 5.12. The van der Waals surface area contributed by atoms with Crippen LogP contribution in [0.15, 0.2) is 0 Å². The van der Waals surface area contributed by atoms with Crippen LogP contribution < -0.4 is 5.32 Å². The van der Waals surface area contributed by atoms with E-state index in [0.29, 0.717) is 32.3 Å². The van der Waals surface area contributed by atoms with Crippen molar-refractivity contribution in [1.29, 1.82) is 0 Å². The summed E-state index contributed by atoms with van der Waals surface area (Å²) in [5.74, 6) is 0.306. The Bertz CT molecular complexity index is 309. The van der Waals surface area contributed by atoms with Crippen LogP contribution in [-0.2, 0) is 14.3 Å². The minimum atomic E-state index is 0.0884. The van der Waals surface area contributed by atoms with Gasteiger partial charge in [-0.2, -0.15) is 0 Å². The van der Waals surface area contributed by atoms with Crippen molar-refractivity contribution in [2.24, 2.45) is 5.92 Å². The van der Waals surface area contributed by atoms with Crippen molar-refractivity contribution in [2.75, 3.05) is 26.3 Å². The zero-order chi connectivity index (χ0) is 13.0. The van der Waals surface area contributed by atoms with E-state index in [2.05, 4.69) is 5.32 Å². The predicted octanol–water partition coefficient (Wildman–Crippen LogP) is 0.540. The summed E-state index contributed by atoms with van der Waals surface area (Å²) in [6.07, 6.45) is 3.83. The molecule has 2 aliphatic rings. The highest BCUT2D eigenvalue weighted by atomic mass is 16.5. The Morgan fingerprint density at radius 3 is 2.44 bits per heavy atom. The molecule has 5 nitrogen and oxygen atoms in total. The Kier molecular flexibility index (Phi) is 4.58. The standard InChI is InChI=1S/C13H22N2O3/c1-10(16)15(12-2-3-12)7-6-14-13(17)11-4-8-18-9-5-11/h11-12H,2-9H2,1H3,(H,14,17). The van der Waals surface area contributed by atoms with Gasteiger partial charge in [0.25, 0.3) is 0 Å². The third-order valence-corrected chi connectivity index (χ3v) is 3.64. The Hall–Kier alpha value is -1.10. The molecule has 0 bridgehead atoms. The maximum atomic E-state index is 11.9. The van der Waals surface area contributed by atoms with Crippen LogP contribution >= 0.6 is 0 Å². The molecule has 0 aromatic carbocycles. The third-order valence-electron chi connectivity index (χ3n) is 3.64. The van der Waals surface area contributed by atoms with Gasteiger partial charge in [0, 0.05) is 45.2 Å². The number of nitrogens with one attached hydrogen (secondary N) is 1. The van der Waals surface area contributed by atoms with Crippen LogP contribution in [0, 0.1) is 5.92 Å². The Labute approximate surface area is 108 Å². The number of carbonyl (C=O) groups is 2. The van der Waals surface area contributed by atoms with Crippen LogP contribution in [-0.4, -0.2) is 49.1 Å². The maximum Gasteiger partial charge on any atom is 0.223 e. The van der Waals surface area contributed by atoms with E-state index in [1.807, 2.05) is 4.90 Å². The van der Waals surface area contributed by atoms with Crippen molar-refractivity contribution in [1.82, 2.24) is 10.2 Å². The van der Waals surface area contributed by atoms with Gasteiger partial charge in [0.15, 0.2) is 0 Å². The molecule has 1 saturated heterocycles. The van der Waals surface area contributed by atoms with Crippen LogP contribution in [0.2, 0.25) is 0 Å². The molecule has 0 unspecified atom stereocenters. The first-order valence-corrected chi connectivity index (χ1v) is 6.81. The fraction of sp³-hybridized carbons (Fsp3) is 0.846. The van der Waals surface area contributed by atoms with Crippen molar-refractivity contribution in [3.8, 4) is 0 Å². The third kappa shape index (κ3) is 3.70. The van der Waals surface area contributed by atoms with Crippen molar-refractivity contribution >= 4 is 11.8 Å². The van der Waals surface area contributed by atoms with Gasteiger partial charge in [0.1, 0.15) is 0 Å². The van der Waals surface area contributed by atoms with Crippen LogP contribution in [0.3, 0.4) is 0 Å². The van der Waals surface area contributed by atoms with Crippen molar-refractivity contribution in [3.63, 3.8) is 0 Å². The van der Waals surface area contributed by atoms with Crippen LogP contribution in [0.5, 0.6) is 0 Å². The number of hydrogen-bond acceptors (Lipinski definition) is 3. The van der Waals surface area contributed by atoms with Gasteiger partial charge in [-0.05, 0) is 25.7 Å². The van der Waals surface area contributed by atoms with Gasteiger partial charge < -0.3 is 15.0 Å². The van der Waals surface area contributed by atoms with Gasteiger partial charge >= 0.3 is 0 Å². The smallest absolute Gasteiger partial charge is 0.223 e. The van der Waals surface area contributed by atoms with Crippen molar-refractivity contribution in [2.45, 2.75) is 38.6 Å². The monoisotopic (exact) mass is 254 g/mol. The Morgan fingerprint density at radius 1 is 1.22 bits per heavy atom. The van der Waals surface area contributed by atoms with Gasteiger partial charge in [0.05, 0.1) is 0 Å². The summed E-state index contributed by atoms with van der Waals surface area (Å²) < 4.78 is 5.23. The van der Waals surface area contributed by atoms with Crippen LogP contribution in [0.1, 0.15) is 32.6 Å². The summed E-state index contributed by atoms with van der Waals surface area (Å²) in [6, 6.07) is 0.419. The fourth-order valence-corrected chi connectivity index (χ4v) is 2.39. The molecule has 2 rings (SSSR count). The molecule has 1 saturated carbocycles. The number of ether oxygens (including phenoxy) is 1.